The standard InChI is InChI=1S/C18H13Cl2N3O3S/c19-11-4-5-13(14(20)7-11)15-9-27-18(22-15)23-16(24)8-26-17(25)10-2-1-3-12(21)6-10/h1-7,9H,8,21H2,(H,22,23,24). The number of carbonyl (C=O) groups excluding carboxylic acids is 2. The lowest BCUT2D eigenvalue weighted by Gasteiger charge is -2.05. The van der Waals surface area contributed by atoms with E-state index in [2.05, 4.69) is 10.3 Å². The predicted molar refractivity (Wildman–Crippen MR) is 107 cm³/mol. The molecule has 2 aromatic carbocycles. The van der Waals surface area contributed by atoms with E-state index in [1.807, 2.05) is 0 Å². The van der Waals surface area contributed by atoms with E-state index in [0.29, 0.717) is 32.1 Å². The maximum Gasteiger partial charge on any atom is 0.338 e. The summed E-state index contributed by atoms with van der Waals surface area (Å²) >= 11 is 13.3. The highest BCUT2D eigenvalue weighted by Gasteiger charge is 2.13. The molecule has 9 heteroatoms. The minimum absolute atomic E-state index is 0.275. The summed E-state index contributed by atoms with van der Waals surface area (Å²) in [5, 5.41) is 5.68. The third kappa shape index (κ3) is 4.97. The van der Waals surface area contributed by atoms with Crippen molar-refractivity contribution in [3.63, 3.8) is 0 Å². The number of ether oxygens (including phenoxy) is 1. The molecule has 0 spiro atoms. The van der Waals surface area contributed by atoms with Crippen molar-refractivity contribution >= 4 is 57.2 Å². The number of rotatable bonds is 5. The van der Waals surface area contributed by atoms with Gasteiger partial charge < -0.3 is 10.5 Å². The maximum absolute atomic E-state index is 12.0. The molecule has 0 aliphatic heterocycles. The Kier molecular flexibility index (Phi) is 5.95. The highest BCUT2D eigenvalue weighted by molar-refractivity contribution is 7.14. The number of amides is 1. The largest absolute Gasteiger partial charge is 0.452 e. The SMILES string of the molecule is Nc1cccc(C(=O)OCC(=O)Nc2nc(-c3ccc(Cl)cc3Cl)cs2)c1. The summed E-state index contributed by atoms with van der Waals surface area (Å²) in [7, 11) is 0. The van der Waals surface area contributed by atoms with Gasteiger partial charge in [0.1, 0.15) is 0 Å². The topological polar surface area (TPSA) is 94.3 Å². The summed E-state index contributed by atoms with van der Waals surface area (Å²) in [6.45, 7) is -0.440. The average molecular weight is 422 g/mol. The molecule has 0 atom stereocenters. The molecule has 0 unspecified atom stereocenters. The van der Waals surface area contributed by atoms with Crippen LogP contribution in [0.5, 0.6) is 0 Å². The van der Waals surface area contributed by atoms with Crippen LogP contribution in [0.15, 0.2) is 47.8 Å². The van der Waals surface area contributed by atoms with Crippen LogP contribution >= 0.6 is 34.5 Å². The van der Waals surface area contributed by atoms with Crippen molar-refractivity contribution in [3.05, 3.63) is 63.5 Å². The van der Waals surface area contributed by atoms with Gasteiger partial charge in [-0.25, -0.2) is 9.78 Å². The Balaban J connectivity index is 1.58. The van der Waals surface area contributed by atoms with Gasteiger partial charge in [-0.2, -0.15) is 0 Å². The Morgan fingerprint density at radius 2 is 2.00 bits per heavy atom. The van der Waals surface area contributed by atoms with Crippen molar-refractivity contribution in [2.24, 2.45) is 0 Å². The fourth-order valence-electron chi connectivity index (χ4n) is 2.19. The second-order valence-electron chi connectivity index (χ2n) is 5.41. The molecule has 0 aliphatic carbocycles. The van der Waals surface area contributed by atoms with E-state index >= 15 is 0 Å². The number of nitrogens with one attached hydrogen (secondary N) is 1. The first-order valence-electron chi connectivity index (χ1n) is 7.66. The van der Waals surface area contributed by atoms with E-state index in [1.54, 1.807) is 41.8 Å². The van der Waals surface area contributed by atoms with Gasteiger partial charge in [0.25, 0.3) is 5.91 Å². The molecule has 1 aromatic heterocycles. The molecule has 3 N–H and O–H groups in total. The first kappa shape index (κ1) is 19.2. The summed E-state index contributed by atoms with van der Waals surface area (Å²) in [6.07, 6.45) is 0. The lowest BCUT2D eigenvalue weighted by atomic mass is 10.2. The number of aromatic nitrogens is 1. The van der Waals surface area contributed by atoms with Crippen LogP contribution in [0.3, 0.4) is 0 Å². The van der Waals surface area contributed by atoms with Crippen molar-refractivity contribution in [3.8, 4) is 11.3 Å². The second kappa shape index (κ2) is 8.39. The Morgan fingerprint density at radius 3 is 2.74 bits per heavy atom. The zero-order valence-electron chi connectivity index (χ0n) is 13.7. The molecule has 1 heterocycles. The van der Waals surface area contributed by atoms with Crippen LogP contribution in [0.25, 0.3) is 11.3 Å². The van der Waals surface area contributed by atoms with Crippen molar-refractivity contribution in [1.29, 1.82) is 0 Å². The number of anilines is 2. The van der Waals surface area contributed by atoms with Crippen LogP contribution in [-0.2, 0) is 9.53 Å². The molecule has 3 rings (SSSR count). The van der Waals surface area contributed by atoms with Crippen LogP contribution in [0.1, 0.15) is 10.4 Å². The summed E-state index contributed by atoms with van der Waals surface area (Å²) in [5.74, 6) is -1.14. The molecule has 0 saturated carbocycles. The molecule has 27 heavy (non-hydrogen) atoms. The van der Waals surface area contributed by atoms with Crippen molar-refractivity contribution < 1.29 is 14.3 Å². The van der Waals surface area contributed by atoms with Crippen molar-refractivity contribution in [1.82, 2.24) is 4.98 Å². The number of thiazole rings is 1. The minimum Gasteiger partial charge on any atom is -0.452 e. The molecule has 3 aromatic rings. The van der Waals surface area contributed by atoms with Crippen molar-refractivity contribution in [2.75, 3.05) is 17.7 Å². The summed E-state index contributed by atoms with van der Waals surface area (Å²) in [5.41, 5.74) is 7.63. The molecule has 0 aliphatic rings. The Labute approximate surface area is 168 Å². The number of hydrogen-bond donors (Lipinski definition) is 2. The Hall–Kier alpha value is -2.61. The zero-order valence-corrected chi connectivity index (χ0v) is 16.1. The van der Waals surface area contributed by atoms with Gasteiger partial charge in [0.15, 0.2) is 11.7 Å². The van der Waals surface area contributed by atoms with Gasteiger partial charge >= 0.3 is 5.97 Å². The Bertz CT molecular complexity index is 1010. The summed E-state index contributed by atoms with van der Waals surface area (Å²) in [6, 6.07) is 11.4. The van der Waals surface area contributed by atoms with Gasteiger partial charge in [0.05, 0.1) is 16.3 Å². The first-order valence-corrected chi connectivity index (χ1v) is 9.29. The van der Waals surface area contributed by atoms with Gasteiger partial charge in [0, 0.05) is 21.7 Å². The molecule has 0 bridgehead atoms. The molecule has 0 saturated heterocycles. The van der Waals surface area contributed by atoms with Gasteiger partial charge in [-0.3, -0.25) is 10.1 Å². The second-order valence-corrected chi connectivity index (χ2v) is 7.11. The molecule has 138 valence electrons. The number of hydrogen-bond acceptors (Lipinski definition) is 6. The minimum atomic E-state index is -0.634. The third-order valence-electron chi connectivity index (χ3n) is 3.41. The average Bonchev–Trinajstić information content (AvgIpc) is 3.07. The third-order valence-corrected chi connectivity index (χ3v) is 4.72. The van der Waals surface area contributed by atoms with E-state index in [-0.39, 0.29) is 5.56 Å². The molecular weight excluding hydrogens is 409 g/mol. The molecule has 6 nitrogen and oxygen atoms in total. The van der Waals surface area contributed by atoms with Gasteiger partial charge in [-0.05, 0) is 36.4 Å². The lowest BCUT2D eigenvalue weighted by Crippen LogP contribution is -2.20. The predicted octanol–water partition coefficient (Wildman–Crippen LogP) is 4.49. The van der Waals surface area contributed by atoms with Gasteiger partial charge in [-0.15, -0.1) is 11.3 Å². The number of carbonyl (C=O) groups is 2. The number of benzene rings is 2. The van der Waals surface area contributed by atoms with E-state index < -0.39 is 18.5 Å². The molecular formula is C18H13Cl2N3O3S. The van der Waals surface area contributed by atoms with Crippen LogP contribution in [0, 0.1) is 0 Å². The highest BCUT2D eigenvalue weighted by atomic mass is 35.5. The van der Waals surface area contributed by atoms with Crippen LogP contribution in [0.4, 0.5) is 10.8 Å². The smallest absolute Gasteiger partial charge is 0.338 e. The lowest BCUT2D eigenvalue weighted by molar-refractivity contribution is -0.119. The summed E-state index contributed by atoms with van der Waals surface area (Å²) in [4.78, 5) is 28.2. The maximum atomic E-state index is 12.0. The van der Waals surface area contributed by atoms with E-state index in [0.717, 1.165) is 0 Å². The quantitative estimate of drug-likeness (QED) is 0.467. The number of halogens is 2. The highest BCUT2D eigenvalue weighted by Crippen LogP contribution is 2.32. The monoisotopic (exact) mass is 421 g/mol. The van der Waals surface area contributed by atoms with Gasteiger partial charge in [-0.1, -0.05) is 29.3 Å². The molecule has 1 amide bonds. The van der Waals surface area contributed by atoms with E-state index in [1.165, 1.54) is 17.4 Å². The number of esters is 1. The van der Waals surface area contributed by atoms with Gasteiger partial charge in [0.2, 0.25) is 0 Å². The summed E-state index contributed by atoms with van der Waals surface area (Å²) < 4.78 is 4.98. The normalized spacial score (nSPS) is 10.4. The van der Waals surface area contributed by atoms with E-state index in [9.17, 15) is 9.59 Å². The Morgan fingerprint density at radius 1 is 1.19 bits per heavy atom. The molecule has 0 radical (unpaired) electrons. The number of nitrogens with two attached hydrogens (primary N) is 1. The van der Waals surface area contributed by atoms with Crippen molar-refractivity contribution in [2.45, 2.75) is 0 Å². The fraction of sp³-hybridized carbons (Fsp3) is 0.0556. The molecule has 0 fully saturated rings. The number of nitrogen functional groups attached to an aromatic ring is 1. The van der Waals surface area contributed by atoms with Crippen LogP contribution in [0.2, 0.25) is 10.0 Å². The van der Waals surface area contributed by atoms with Crippen LogP contribution in [-0.4, -0.2) is 23.5 Å². The first-order chi connectivity index (χ1) is 12.9. The van der Waals surface area contributed by atoms with E-state index in [4.69, 9.17) is 33.7 Å². The van der Waals surface area contributed by atoms with Crippen LogP contribution < -0.4 is 11.1 Å². The number of nitrogens with zero attached hydrogens (tertiary/aromatic N) is 1. The zero-order chi connectivity index (χ0) is 19.4. The fourth-order valence-corrected chi connectivity index (χ4v) is 3.42.